The third-order valence-electron chi connectivity index (χ3n) is 5.18. The SMILES string of the molecule is COc1ccc(C(=O)Nc2cc(-c3nc4cc(C(C)C)ccc4o3)ccc2Cl)cc1[N+](=O)[O-]. The Labute approximate surface area is 194 Å². The molecule has 0 aliphatic heterocycles. The Bertz CT molecular complexity index is 1380. The number of fused-ring (bicyclic) bond motifs is 1. The molecule has 0 saturated heterocycles. The molecule has 4 aromatic rings. The first kappa shape index (κ1) is 22.3. The van der Waals surface area contributed by atoms with Gasteiger partial charge in [0.2, 0.25) is 5.89 Å². The van der Waals surface area contributed by atoms with Gasteiger partial charge in [-0.2, -0.15) is 0 Å². The van der Waals surface area contributed by atoms with Crippen LogP contribution in [0.5, 0.6) is 5.75 Å². The van der Waals surface area contributed by atoms with Gasteiger partial charge in [0.15, 0.2) is 11.3 Å². The summed E-state index contributed by atoms with van der Waals surface area (Å²) in [5, 5.41) is 14.3. The third kappa shape index (κ3) is 4.51. The number of rotatable bonds is 6. The number of carbonyl (C=O) groups excluding carboxylic acids is 1. The number of nitrogens with one attached hydrogen (secondary N) is 1. The summed E-state index contributed by atoms with van der Waals surface area (Å²) in [6, 6.07) is 14.8. The van der Waals surface area contributed by atoms with Crippen LogP contribution in [0.15, 0.2) is 59.0 Å². The molecule has 8 nitrogen and oxygen atoms in total. The largest absolute Gasteiger partial charge is 0.490 e. The maximum atomic E-state index is 12.8. The first-order valence-corrected chi connectivity index (χ1v) is 10.5. The van der Waals surface area contributed by atoms with Gasteiger partial charge in [0.1, 0.15) is 5.52 Å². The molecular weight excluding hydrogens is 446 g/mol. The Morgan fingerprint density at radius 2 is 1.94 bits per heavy atom. The minimum Gasteiger partial charge on any atom is -0.490 e. The van der Waals surface area contributed by atoms with E-state index in [2.05, 4.69) is 24.1 Å². The molecule has 1 N–H and O–H groups in total. The summed E-state index contributed by atoms with van der Waals surface area (Å²) in [7, 11) is 1.32. The lowest BCUT2D eigenvalue weighted by Crippen LogP contribution is -2.12. The second-order valence-electron chi connectivity index (χ2n) is 7.69. The molecule has 1 amide bonds. The Balaban J connectivity index is 1.64. The molecule has 0 fully saturated rings. The molecule has 4 rings (SSSR count). The Kier molecular flexibility index (Phi) is 6.02. The summed E-state index contributed by atoms with van der Waals surface area (Å²) < 4.78 is 10.9. The molecule has 0 atom stereocenters. The maximum absolute atomic E-state index is 12.8. The Morgan fingerprint density at radius 1 is 1.15 bits per heavy atom. The normalized spacial score (nSPS) is 11.1. The molecule has 9 heteroatoms. The van der Waals surface area contributed by atoms with E-state index >= 15 is 0 Å². The van der Waals surface area contributed by atoms with Gasteiger partial charge >= 0.3 is 5.69 Å². The van der Waals surface area contributed by atoms with Crippen molar-refractivity contribution >= 4 is 40.0 Å². The van der Waals surface area contributed by atoms with Crippen molar-refractivity contribution in [3.05, 3.63) is 80.9 Å². The molecule has 0 unspecified atom stereocenters. The number of aromatic nitrogens is 1. The standard InChI is InChI=1S/C24H20ClN3O5/c1-13(2)14-5-8-21-19(10-14)27-24(33-21)16-4-7-17(25)18(11-16)26-23(29)15-6-9-22(32-3)20(12-15)28(30)31/h4-13H,1-3H3,(H,26,29). The zero-order chi connectivity index (χ0) is 23.7. The number of benzene rings is 3. The zero-order valence-corrected chi connectivity index (χ0v) is 18.8. The molecule has 1 aromatic heterocycles. The molecule has 33 heavy (non-hydrogen) atoms. The number of ether oxygens (including phenoxy) is 1. The summed E-state index contributed by atoms with van der Waals surface area (Å²) in [6.45, 7) is 4.21. The number of amides is 1. The lowest BCUT2D eigenvalue weighted by Gasteiger charge is -2.09. The smallest absolute Gasteiger partial charge is 0.311 e. The minimum absolute atomic E-state index is 0.0631. The van der Waals surface area contributed by atoms with Crippen molar-refractivity contribution < 1.29 is 18.9 Å². The van der Waals surface area contributed by atoms with Crippen LogP contribution in [-0.2, 0) is 0 Å². The van der Waals surface area contributed by atoms with Crippen molar-refractivity contribution in [2.75, 3.05) is 12.4 Å². The van der Waals surface area contributed by atoms with Crippen LogP contribution < -0.4 is 10.1 Å². The first-order valence-electron chi connectivity index (χ1n) is 10.1. The first-order chi connectivity index (χ1) is 15.8. The van der Waals surface area contributed by atoms with Gasteiger partial charge in [0, 0.05) is 17.2 Å². The predicted molar refractivity (Wildman–Crippen MR) is 126 cm³/mol. The van der Waals surface area contributed by atoms with Crippen LogP contribution in [-0.4, -0.2) is 22.9 Å². The topological polar surface area (TPSA) is 108 Å². The van der Waals surface area contributed by atoms with Crippen LogP contribution in [0.1, 0.15) is 35.7 Å². The van der Waals surface area contributed by atoms with Crippen molar-refractivity contribution in [2.45, 2.75) is 19.8 Å². The van der Waals surface area contributed by atoms with E-state index in [1.54, 1.807) is 18.2 Å². The fourth-order valence-corrected chi connectivity index (χ4v) is 3.51. The summed E-state index contributed by atoms with van der Waals surface area (Å²) in [5.74, 6) is 0.256. The quantitative estimate of drug-likeness (QED) is 0.259. The molecule has 0 saturated carbocycles. The van der Waals surface area contributed by atoms with Gasteiger partial charge in [0.05, 0.1) is 22.7 Å². The lowest BCUT2D eigenvalue weighted by atomic mass is 10.0. The third-order valence-corrected chi connectivity index (χ3v) is 5.51. The Morgan fingerprint density at radius 3 is 2.64 bits per heavy atom. The Hall–Kier alpha value is -3.91. The number of halogens is 1. The zero-order valence-electron chi connectivity index (χ0n) is 18.1. The van der Waals surface area contributed by atoms with Crippen LogP contribution >= 0.6 is 11.6 Å². The highest BCUT2D eigenvalue weighted by Gasteiger charge is 2.19. The fourth-order valence-electron chi connectivity index (χ4n) is 3.35. The second-order valence-corrected chi connectivity index (χ2v) is 8.10. The number of hydrogen-bond acceptors (Lipinski definition) is 6. The van der Waals surface area contributed by atoms with E-state index in [4.69, 9.17) is 20.8 Å². The number of hydrogen-bond donors (Lipinski definition) is 1. The van der Waals surface area contributed by atoms with Crippen LogP contribution in [0, 0.1) is 10.1 Å². The molecule has 3 aromatic carbocycles. The van der Waals surface area contributed by atoms with Crippen LogP contribution in [0.25, 0.3) is 22.6 Å². The van der Waals surface area contributed by atoms with E-state index in [1.807, 2.05) is 18.2 Å². The van der Waals surface area contributed by atoms with Gasteiger partial charge < -0.3 is 14.5 Å². The summed E-state index contributed by atoms with van der Waals surface area (Å²) in [6.07, 6.45) is 0. The molecule has 0 aliphatic rings. The number of nitrogens with zero attached hydrogens (tertiary/aromatic N) is 2. The highest BCUT2D eigenvalue weighted by molar-refractivity contribution is 6.34. The van der Waals surface area contributed by atoms with Crippen molar-refractivity contribution in [1.29, 1.82) is 0 Å². The van der Waals surface area contributed by atoms with Crippen LogP contribution in [0.4, 0.5) is 11.4 Å². The number of nitro groups is 1. The summed E-state index contributed by atoms with van der Waals surface area (Å²) >= 11 is 6.28. The van der Waals surface area contributed by atoms with E-state index in [9.17, 15) is 14.9 Å². The second kappa shape index (κ2) is 8.91. The van der Waals surface area contributed by atoms with Gasteiger partial charge in [-0.3, -0.25) is 14.9 Å². The van der Waals surface area contributed by atoms with E-state index in [0.29, 0.717) is 33.7 Å². The minimum atomic E-state index is -0.610. The highest BCUT2D eigenvalue weighted by Crippen LogP contribution is 2.32. The van der Waals surface area contributed by atoms with E-state index < -0.39 is 10.8 Å². The highest BCUT2D eigenvalue weighted by atomic mass is 35.5. The number of anilines is 1. The van der Waals surface area contributed by atoms with Gasteiger partial charge in [0.25, 0.3) is 5.91 Å². The van der Waals surface area contributed by atoms with Crippen molar-refractivity contribution in [3.63, 3.8) is 0 Å². The van der Waals surface area contributed by atoms with Crippen molar-refractivity contribution in [3.8, 4) is 17.2 Å². The van der Waals surface area contributed by atoms with Gasteiger partial charge in [-0.05, 0) is 53.9 Å². The molecule has 0 spiro atoms. The lowest BCUT2D eigenvalue weighted by molar-refractivity contribution is -0.385. The molecular formula is C24H20ClN3O5. The van der Waals surface area contributed by atoms with Gasteiger partial charge in [-0.25, -0.2) is 4.98 Å². The monoisotopic (exact) mass is 465 g/mol. The predicted octanol–water partition coefficient (Wildman–Crippen LogP) is 6.44. The van der Waals surface area contributed by atoms with Crippen molar-refractivity contribution in [1.82, 2.24) is 4.98 Å². The van der Waals surface area contributed by atoms with Crippen LogP contribution in [0.2, 0.25) is 5.02 Å². The van der Waals surface area contributed by atoms with Gasteiger partial charge in [-0.15, -0.1) is 0 Å². The van der Waals surface area contributed by atoms with E-state index in [-0.39, 0.29) is 17.0 Å². The average molecular weight is 466 g/mol. The maximum Gasteiger partial charge on any atom is 0.311 e. The molecule has 0 bridgehead atoms. The fraction of sp³-hybridized carbons (Fsp3) is 0.167. The number of methoxy groups -OCH3 is 1. The van der Waals surface area contributed by atoms with E-state index in [0.717, 1.165) is 17.1 Å². The van der Waals surface area contributed by atoms with Gasteiger partial charge in [-0.1, -0.05) is 31.5 Å². The molecule has 168 valence electrons. The summed E-state index contributed by atoms with van der Waals surface area (Å²) in [5.41, 5.74) is 3.27. The molecule has 1 heterocycles. The number of carbonyl (C=O) groups is 1. The molecule has 0 radical (unpaired) electrons. The average Bonchev–Trinajstić information content (AvgIpc) is 3.23. The summed E-state index contributed by atoms with van der Waals surface area (Å²) in [4.78, 5) is 28.0. The number of oxazole rings is 1. The number of nitro benzene ring substituents is 1. The van der Waals surface area contributed by atoms with Crippen molar-refractivity contribution in [2.24, 2.45) is 0 Å². The van der Waals surface area contributed by atoms with Crippen LogP contribution in [0.3, 0.4) is 0 Å². The van der Waals surface area contributed by atoms with E-state index in [1.165, 1.54) is 19.2 Å². The molecule has 0 aliphatic carbocycles.